The van der Waals surface area contributed by atoms with E-state index in [9.17, 15) is 4.39 Å². The lowest BCUT2D eigenvalue weighted by Gasteiger charge is -2.32. The van der Waals surface area contributed by atoms with Gasteiger partial charge in [-0.1, -0.05) is 11.2 Å². The average Bonchev–Trinajstić information content (AvgIpc) is 2.39. The zero-order chi connectivity index (χ0) is 15.3. The van der Waals surface area contributed by atoms with Crippen molar-refractivity contribution in [2.24, 2.45) is 10.9 Å². The van der Waals surface area contributed by atoms with Gasteiger partial charge in [-0.05, 0) is 45.6 Å². The van der Waals surface area contributed by atoms with Crippen LogP contribution in [0.4, 0.5) is 4.39 Å². The Kier molecular flexibility index (Phi) is 5.47. The van der Waals surface area contributed by atoms with E-state index in [1.165, 1.54) is 12.1 Å². The molecule has 112 valence electrons. The maximum absolute atomic E-state index is 13.2. The predicted molar refractivity (Wildman–Crippen MR) is 78.4 cm³/mol. The molecule has 0 aromatic heterocycles. The zero-order valence-electron chi connectivity index (χ0n) is 12.4. The Bertz CT molecular complexity index is 486. The quantitative estimate of drug-likeness (QED) is 0.319. The molecule has 0 fully saturated rings. The molecule has 0 aliphatic rings. The monoisotopic (exact) mass is 282 g/mol. The highest BCUT2D eigenvalue weighted by molar-refractivity contribution is 5.98. The third-order valence-corrected chi connectivity index (χ3v) is 3.54. The van der Waals surface area contributed by atoms with Crippen LogP contribution in [0.15, 0.2) is 23.4 Å². The fourth-order valence-electron chi connectivity index (χ4n) is 1.66. The third kappa shape index (κ3) is 4.18. The first-order valence-corrected chi connectivity index (χ1v) is 6.42. The van der Waals surface area contributed by atoms with Crippen LogP contribution in [0, 0.1) is 5.82 Å². The number of rotatable bonds is 6. The second kappa shape index (κ2) is 6.67. The van der Waals surface area contributed by atoms with Crippen molar-refractivity contribution < 1.29 is 9.60 Å². The van der Waals surface area contributed by atoms with Crippen LogP contribution < -0.4 is 11.1 Å². The molecule has 0 unspecified atom stereocenters. The van der Waals surface area contributed by atoms with Crippen molar-refractivity contribution >= 4 is 5.84 Å². The van der Waals surface area contributed by atoms with E-state index >= 15 is 0 Å². The highest BCUT2D eigenvalue weighted by Crippen LogP contribution is 2.13. The van der Waals surface area contributed by atoms with Gasteiger partial charge in [0.15, 0.2) is 5.84 Å². The fraction of sp³-hybridized carbons (Fsp3) is 0.500. The van der Waals surface area contributed by atoms with Crippen LogP contribution in [-0.4, -0.2) is 42.1 Å². The van der Waals surface area contributed by atoms with E-state index in [2.05, 4.69) is 29.2 Å². The molecular weight excluding hydrogens is 259 g/mol. The van der Waals surface area contributed by atoms with Crippen molar-refractivity contribution in [2.45, 2.75) is 25.9 Å². The summed E-state index contributed by atoms with van der Waals surface area (Å²) in [4.78, 5) is 2.12. The van der Waals surface area contributed by atoms with Crippen molar-refractivity contribution in [3.05, 3.63) is 35.1 Å². The van der Waals surface area contributed by atoms with Crippen LogP contribution in [0.1, 0.15) is 25.0 Å². The number of halogens is 1. The van der Waals surface area contributed by atoms with Gasteiger partial charge in [-0.2, -0.15) is 0 Å². The maximum atomic E-state index is 13.2. The largest absolute Gasteiger partial charge is 0.409 e. The molecular formula is C14H23FN4O. The molecule has 0 amide bonds. The fourth-order valence-corrected chi connectivity index (χ4v) is 1.66. The van der Waals surface area contributed by atoms with Crippen LogP contribution in [0.5, 0.6) is 0 Å². The number of benzene rings is 1. The molecule has 1 aromatic rings. The zero-order valence-corrected chi connectivity index (χ0v) is 12.4. The van der Waals surface area contributed by atoms with Gasteiger partial charge in [-0.3, -0.25) is 0 Å². The predicted octanol–water partition coefficient (Wildman–Crippen LogP) is 1.35. The van der Waals surface area contributed by atoms with E-state index in [0.717, 1.165) is 12.1 Å². The molecule has 0 atom stereocenters. The maximum Gasteiger partial charge on any atom is 0.170 e. The molecule has 0 radical (unpaired) electrons. The molecule has 5 nitrogen and oxygen atoms in total. The number of hydrogen-bond acceptors (Lipinski definition) is 4. The molecule has 0 heterocycles. The lowest BCUT2D eigenvalue weighted by atomic mass is 10.0. The van der Waals surface area contributed by atoms with Gasteiger partial charge in [0.2, 0.25) is 0 Å². The molecule has 0 saturated carbocycles. The molecule has 1 rings (SSSR count). The van der Waals surface area contributed by atoms with E-state index in [1.54, 1.807) is 6.07 Å². The highest BCUT2D eigenvalue weighted by atomic mass is 19.1. The van der Waals surface area contributed by atoms with Gasteiger partial charge in [0, 0.05) is 24.2 Å². The summed E-state index contributed by atoms with van der Waals surface area (Å²) in [6.45, 7) is 5.51. The average molecular weight is 282 g/mol. The van der Waals surface area contributed by atoms with Crippen molar-refractivity contribution in [3.63, 3.8) is 0 Å². The second-order valence-corrected chi connectivity index (χ2v) is 5.60. The van der Waals surface area contributed by atoms with Gasteiger partial charge >= 0.3 is 0 Å². The number of nitrogens with two attached hydrogens (primary N) is 1. The number of nitrogens with zero attached hydrogens (tertiary/aromatic N) is 2. The molecule has 0 spiro atoms. The van der Waals surface area contributed by atoms with E-state index in [1.807, 2.05) is 14.1 Å². The van der Waals surface area contributed by atoms with E-state index < -0.39 is 5.82 Å². The van der Waals surface area contributed by atoms with Gasteiger partial charge < -0.3 is 21.2 Å². The Morgan fingerprint density at radius 1 is 1.45 bits per heavy atom. The molecule has 1 aromatic carbocycles. The first-order valence-electron chi connectivity index (χ1n) is 6.42. The molecule has 4 N–H and O–H groups in total. The lowest BCUT2D eigenvalue weighted by molar-refractivity contribution is 0.190. The van der Waals surface area contributed by atoms with Crippen molar-refractivity contribution in [1.29, 1.82) is 0 Å². The van der Waals surface area contributed by atoms with Crippen LogP contribution in [-0.2, 0) is 6.54 Å². The van der Waals surface area contributed by atoms with Crippen LogP contribution in [0.2, 0.25) is 0 Å². The number of likely N-dealkylation sites (N-methyl/N-ethyl adjacent to an activating group) is 1. The number of amidine groups is 1. The summed E-state index contributed by atoms with van der Waals surface area (Å²) < 4.78 is 13.2. The van der Waals surface area contributed by atoms with Gasteiger partial charge in [-0.25, -0.2) is 4.39 Å². The lowest BCUT2D eigenvalue weighted by Crippen LogP contribution is -2.46. The molecule has 0 bridgehead atoms. The van der Waals surface area contributed by atoms with Crippen LogP contribution in [0.3, 0.4) is 0 Å². The van der Waals surface area contributed by atoms with Gasteiger partial charge in [0.05, 0.1) is 0 Å². The first-order chi connectivity index (χ1) is 9.27. The number of oxime groups is 1. The Balaban J connectivity index is 2.79. The van der Waals surface area contributed by atoms with Crippen LogP contribution in [0.25, 0.3) is 0 Å². The standard InChI is InChI=1S/C14H23FN4O/c1-14(2,19(3)4)9-17-8-10-5-6-11(15)7-12(10)13(16)18-20/h5-7,17,20H,8-9H2,1-4H3,(H2,16,18). The van der Waals surface area contributed by atoms with Gasteiger partial charge in [0.1, 0.15) is 5.82 Å². The van der Waals surface area contributed by atoms with Crippen molar-refractivity contribution in [2.75, 3.05) is 20.6 Å². The summed E-state index contributed by atoms with van der Waals surface area (Å²) in [6.07, 6.45) is 0. The summed E-state index contributed by atoms with van der Waals surface area (Å²) in [6, 6.07) is 4.27. The van der Waals surface area contributed by atoms with E-state index in [-0.39, 0.29) is 11.4 Å². The minimum absolute atomic E-state index is 0.00317. The molecule has 0 saturated heterocycles. The topological polar surface area (TPSA) is 73.9 Å². The minimum Gasteiger partial charge on any atom is -0.409 e. The smallest absolute Gasteiger partial charge is 0.170 e. The Morgan fingerprint density at radius 3 is 2.65 bits per heavy atom. The summed E-state index contributed by atoms with van der Waals surface area (Å²) in [5.74, 6) is -0.503. The minimum atomic E-state index is -0.413. The third-order valence-electron chi connectivity index (χ3n) is 3.54. The van der Waals surface area contributed by atoms with Gasteiger partial charge in [-0.15, -0.1) is 0 Å². The summed E-state index contributed by atoms with van der Waals surface area (Å²) >= 11 is 0. The number of hydrogen-bond donors (Lipinski definition) is 3. The van der Waals surface area contributed by atoms with Gasteiger partial charge in [0.25, 0.3) is 0 Å². The Morgan fingerprint density at radius 2 is 2.10 bits per heavy atom. The first kappa shape index (κ1) is 16.4. The SMILES string of the molecule is CN(C)C(C)(C)CNCc1ccc(F)cc1C(N)=NO. The normalized spacial score (nSPS) is 13.0. The summed E-state index contributed by atoms with van der Waals surface area (Å²) in [5, 5.41) is 15.0. The Labute approximate surface area is 119 Å². The van der Waals surface area contributed by atoms with E-state index in [4.69, 9.17) is 10.9 Å². The molecule has 6 heteroatoms. The molecule has 20 heavy (non-hydrogen) atoms. The summed E-state index contributed by atoms with van der Waals surface area (Å²) in [7, 11) is 4.03. The summed E-state index contributed by atoms with van der Waals surface area (Å²) in [5.41, 5.74) is 6.76. The molecule has 0 aliphatic heterocycles. The number of nitrogens with one attached hydrogen (secondary N) is 1. The van der Waals surface area contributed by atoms with E-state index in [0.29, 0.717) is 12.1 Å². The van der Waals surface area contributed by atoms with Crippen LogP contribution >= 0.6 is 0 Å². The Hall–Kier alpha value is -1.66. The van der Waals surface area contributed by atoms with Crippen molar-refractivity contribution in [3.8, 4) is 0 Å². The van der Waals surface area contributed by atoms with Crippen molar-refractivity contribution in [1.82, 2.24) is 10.2 Å². The highest BCUT2D eigenvalue weighted by Gasteiger charge is 2.19. The molecule has 0 aliphatic carbocycles. The second-order valence-electron chi connectivity index (χ2n) is 5.60.